The number of rotatable bonds is 10. The van der Waals surface area contributed by atoms with Crippen LogP contribution in [0.2, 0.25) is 0 Å². The van der Waals surface area contributed by atoms with Crippen LogP contribution < -0.4 is 15.0 Å². The van der Waals surface area contributed by atoms with E-state index >= 15 is 0 Å². The lowest BCUT2D eigenvalue weighted by Crippen LogP contribution is -2.43. The Morgan fingerprint density at radius 2 is 1.55 bits per heavy atom. The Bertz CT molecular complexity index is 1260. The molecule has 0 amide bonds. The second-order valence-corrected chi connectivity index (χ2v) is 12.1. The zero-order valence-electron chi connectivity index (χ0n) is 24.9. The first-order chi connectivity index (χ1) is 18.7. The van der Waals surface area contributed by atoms with Crippen LogP contribution in [0.5, 0.6) is 17.2 Å². The summed E-state index contributed by atoms with van der Waals surface area (Å²) in [4.78, 5) is 10.9. The highest BCUT2D eigenvalue weighted by atomic mass is 31.1. The number of carbonyl (C=O) groups excluding carboxylic acids is 1. The van der Waals surface area contributed by atoms with Crippen LogP contribution in [0, 0.1) is 13.8 Å². The number of aryl methyl sites for hydroxylation is 2. The fourth-order valence-corrected chi connectivity index (χ4v) is 4.48. The Kier molecular flexibility index (Phi) is 12.2. The summed E-state index contributed by atoms with van der Waals surface area (Å²) in [5.41, 5.74) is 10.2. The highest BCUT2D eigenvalue weighted by Crippen LogP contribution is 2.31. The summed E-state index contributed by atoms with van der Waals surface area (Å²) in [5.74, 6) is 1.50. The third kappa shape index (κ3) is 10.6. The van der Waals surface area contributed by atoms with Crippen LogP contribution in [-0.2, 0) is 20.5 Å². The number of benzene rings is 3. The lowest BCUT2D eigenvalue weighted by atomic mass is 9.93. The van der Waals surface area contributed by atoms with E-state index in [1.165, 1.54) is 5.56 Å². The van der Waals surface area contributed by atoms with Gasteiger partial charge in [0.25, 0.3) is 0 Å². The second kappa shape index (κ2) is 14.8. The lowest BCUT2D eigenvalue weighted by molar-refractivity contribution is -0.152. The normalized spacial score (nSPS) is 11.5. The summed E-state index contributed by atoms with van der Waals surface area (Å²) in [6, 6.07) is 18.8. The van der Waals surface area contributed by atoms with E-state index in [9.17, 15) is 14.5 Å². The third-order valence-corrected chi connectivity index (χ3v) is 6.67. The first-order valence-electron chi connectivity index (χ1n) is 13.4. The molecule has 0 saturated carbocycles. The van der Waals surface area contributed by atoms with Gasteiger partial charge in [-0.1, -0.05) is 44.2 Å². The summed E-state index contributed by atoms with van der Waals surface area (Å²) in [7, 11) is -1.96. The van der Waals surface area contributed by atoms with Gasteiger partial charge in [0.05, 0.1) is 6.10 Å². The van der Waals surface area contributed by atoms with Gasteiger partial charge in [-0.15, -0.1) is 0 Å². The highest BCUT2D eigenvalue weighted by Gasteiger charge is 2.24. The van der Waals surface area contributed by atoms with Crippen LogP contribution >= 0.6 is 8.03 Å². The predicted molar refractivity (Wildman–Crippen MR) is 161 cm³/mol. The Morgan fingerprint density at radius 3 is 2.05 bits per heavy atom. The van der Waals surface area contributed by atoms with E-state index in [-0.39, 0.29) is 24.3 Å². The molecule has 0 heterocycles. The molecule has 0 radical (unpaired) electrons. The molecule has 3 N–H and O–H groups in total. The topological polar surface area (TPSA) is 108 Å². The Balaban J connectivity index is 0.000000478. The largest absolute Gasteiger partial charge is 0.598 e. The van der Waals surface area contributed by atoms with Crippen molar-refractivity contribution in [2.45, 2.75) is 79.4 Å². The number of nitrogens with two attached hydrogens (primary N) is 1. The van der Waals surface area contributed by atoms with Crippen LogP contribution in [0.25, 0.3) is 0 Å². The molecule has 3 rings (SSSR count). The molecule has 0 spiro atoms. The van der Waals surface area contributed by atoms with Crippen molar-refractivity contribution in [2.75, 3.05) is 6.35 Å². The molecule has 0 aromatic heterocycles. The molecule has 0 aliphatic carbocycles. The molecule has 7 nitrogen and oxygen atoms in total. The van der Waals surface area contributed by atoms with Gasteiger partial charge >= 0.3 is 20.3 Å². The van der Waals surface area contributed by atoms with E-state index in [0.29, 0.717) is 17.2 Å². The Morgan fingerprint density at radius 1 is 0.950 bits per heavy atom. The maximum absolute atomic E-state index is 12.2. The molecule has 3 aromatic carbocycles. The van der Waals surface area contributed by atoms with Gasteiger partial charge in [-0.05, 0) is 117 Å². The Labute approximate surface area is 239 Å². The van der Waals surface area contributed by atoms with Gasteiger partial charge in [-0.3, -0.25) is 9.32 Å². The first kappa shape index (κ1) is 32.8. The van der Waals surface area contributed by atoms with Gasteiger partial charge in [-0.2, -0.15) is 0 Å². The number of phenols is 1. The van der Waals surface area contributed by atoms with Crippen molar-refractivity contribution in [1.29, 1.82) is 0 Å². The fraction of sp³-hybridized carbons (Fsp3) is 0.406. The standard InChI is InChI=1S/C25H27O4P.C7H15NO2/c1-17(2)23-14-20(10-11-25(23)26)15-24-18(3)12-22(13-19(24)4)28-16-30(27)29-21-8-6-5-7-9-21;1-5(2)10-6(9)7(3,4)8/h5-14,17H,15-16H2,1-4H3;5H,8H2,1-4H3/p+1. The van der Waals surface area contributed by atoms with Crippen molar-refractivity contribution in [3.05, 3.63) is 88.5 Å². The van der Waals surface area contributed by atoms with Crippen LogP contribution in [0.3, 0.4) is 0 Å². The average molecular weight is 569 g/mol. The van der Waals surface area contributed by atoms with E-state index in [2.05, 4.69) is 33.8 Å². The minimum atomic E-state index is -1.96. The number of esters is 1. The average Bonchev–Trinajstić information content (AvgIpc) is 2.86. The van der Waals surface area contributed by atoms with E-state index in [1.54, 1.807) is 45.9 Å². The molecule has 0 bridgehead atoms. The van der Waals surface area contributed by atoms with E-state index in [0.717, 1.165) is 28.7 Å². The number of aromatic hydroxyl groups is 1. The second-order valence-electron chi connectivity index (χ2n) is 10.9. The van der Waals surface area contributed by atoms with Gasteiger partial charge in [0, 0.05) is 0 Å². The van der Waals surface area contributed by atoms with Crippen molar-refractivity contribution in [3.63, 3.8) is 0 Å². The fourth-order valence-electron chi connectivity index (χ4n) is 3.81. The van der Waals surface area contributed by atoms with Gasteiger partial charge in [-0.25, -0.2) is 0 Å². The number of hydrogen-bond donors (Lipinski definition) is 2. The molecule has 40 heavy (non-hydrogen) atoms. The summed E-state index contributed by atoms with van der Waals surface area (Å²) < 4.78 is 28.1. The summed E-state index contributed by atoms with van der Waals surface area (Å²) in [6.07, 6.45) is 0.692. The Hall–Kier alpha value is -3.41. The van der Waals surface area contributed by atoms with Crippen LogP contribution in [0.15, 0.2) is 60.7 Å². The SMILES string of the molecule is CC(C)OC(=O)C(C)(C)N.Cc1cc(OC[P+](=O)Oc2ccccc2)cc(C)c1Cc1ccc(O)c(C(C)C)c1. The van der Waals surface area contributed by atoms with Crippen LogP contribution in [0.4, 0.5) is 0 Å². The number of ether oxygens (including phenoxy) is 2. The first-order valence-corrected chi connectivity index (χ1v) is 14.8. The van der Waals surface area contributed by atoms with Crippen LogP contribution in [0.1, 0.15) is 75.3 Å². The summed E-state index contributed by atoms with van der Waals surface area (Å²) in [6.45, 7) is 15.1. The zero-order chi connectivity index (χ0) is 30.0. The molecule has 0 fully saturated rings. The molecular weight excluding hydrogens is 525 g/mol. The minimum absolute atomic E-state index is 0.00182. The van der Waals surface area contributed by atoms with Crippen molar-refractivity contribution in [2.24, 2.45) is 5.73 Å². The van der Waals surface area contributed by atoms with Crippen LogP contribution in [-0.4, -0.2) is 29.1 Å². The van der Waals surface area contributed by atoms with Crippen molar-refractivity contribution in [3.8, 4) is 17.2 Å². The molecule has 3 aromatic rings. The molecule has 1 atom stereocenters. The number of phenolic OH excluding ortho intramolecular Hbond substituents is 1. The summed E-state index contributed by atoms with van der Waals surface area (Å²) >= 11 is 0. The molecule has 0 saturated heterocycles. The van der Waals surface area contributed by atoms with E-state index < -0.39 is 13.6 Å². The van der Waals surface area contributed by atoms with Crippen molar-refractivity contribution < 1.29 is 28.5 Å². The van der Waals surface area contributed by atoms with Gasteiger partial charge in [0.15, 0.2) is 5.75 Å². The van der Waals surface area contributed by atoms with E-state index in [4.69, 9.17) is 19.7 Å². The molecule has 8 heteroatoms. The predicted octanol–water partition coefficient (Wildman–Crippen LogP) is 7.56. The quantitative estimate of drug-likeness (QED) is 0.192. The van der Waals surface area contributed by atoms with Gasteiger partial charge in [0.1, 0.15) is 17.0 Å². The minimum Gasteiger partial charge on any atom is -0.508 e. The molecule has 216 valence electrons. The maximum atomic E-state index is 12.2. The lowest BCUT2D eigenvalue weighted by Gasteiger charge is -2.18. The molecule has 0 aliphatic heterocycles. The zero-order valence-corrected chi connectivity index (χ0v) is 25.7. The van der Waals surface area contributed by atoms with Gasteiger partial charge in [0.2, 0.25) is 0 Å². The smallest absolute Gasteiger partial charge is 0.508 e. The molecular formula is C32H43NO6P+. The monoisotopic (exact) mass is 568 g/mol. The van der Waals surface area contributed by atoms with Crippen molar-refractivity contribution >= 4 is 14.0 Å². The number of carbonyl (C=O) groups is 1. The number of hydrogen-bond acceptors (Lipinski definition) is 7. The number of para-hydroxylation sites is 1. The van der Waals surface area contributed by atoms with Gasteiger partial charge < -0.3 is 20.3 Å². The molecule has 1 unspecified atom stereocenters. The maximum Gasteiger partial charge on any atom is 0.598 e. The van der Waals surface area contributed by atoms with Crippen molar-refractivity contribution in [1.82, 2.24) is 0 Å². The third-order valence-electron chi connectivity index (χ3n) is 5.92. The van der Waals surface area contributed by atoms with E-state index in [1.807, 2.05) is 36.4 Å². The molecule has 0 aliphatic rings. The highest BCUT2D eigenvalue weighted by molar-refractivity contribution is 7.39. The summed E-state index contributed by atoms with van der Waals surface area (Å²) in [5, 5.41) is 10.1.